The van der Waals surface area contributed by atoms with E-state index in [4.69, 9.17) is 27.1 Å². The fourth-order valence-corrected chi connectivity index (χ4v) is 3.18. The summed E-state index contributed by atoms with van der Waals surface area (Å²) in [4.78, 5) is 4.72. The van der Waals surface area contributed by atoms with Crippen molar-refractivity contribution in [2.24, 2.45) is 16.6 Å². The first-order valence-corrected chi connectivity index (χ1v) is 7.31. The summed E-state index contributed by atoms with van der Waals surface area (Å²) in [6, 6.07) is 8.17. The van der Waals surface area contributed by atoms with E-state index >= 15 is 0 Å². The number of benzene rings is 1. The molecule has 3 unspecified atom stereocenters. The highest BCUT2D eigenvalue weighted by atomic mass is 35.5. The van der Waals surface area contributed by atoms with E-state index in [1.807, 2.05) is 24.3 Å². The van der Waals surface area contributed by atoms with E-state index in [-0.39, 0.29) is 6.10 Å². The summed E-state index contributed by atoms with van der Waals surface area (Å²) in [5.74, 6) is 1.44. The third kappa shape index (κ3) is 2.77. The quantitative estimate of drug-likeness (QED) is 0.924. The van der Waals surface area contributed by atoms with Gasteiger partial charge in [0.2, 0.25) is 0 Å². The van der Waals surface area contributed by atoms with Gasteiger partial charge in [0.15, 0.2) is 5.90 Å². The topological polar surface area (TPSA) is 47.6 Å². The van der Waals surface area contributed by atoms with Crippen LogP contribution in [0.3, 0.4) is 0 Å². The van der Waals surface area contributed by atoms with Crippen molar-refractivity contribution in [3.05, 3.63) is 34.9 Å². The van der Waals surface area contributed by atoms with Crippen molar-refractivity contribution >= 4 is 17.5 Å². The zero-order valence-corrected chi connectivity index (χ0v) is 11.6. The number of rotatable bonds is 3. The number of nitrogens with zero attached hydrogens (tertiary/aromatic N) is 1. The third-order valence-electron chi connectivity index (χ3n) is 4.09. The Morgan fingerprint density at radius 2 is 2.16 bits per heavy atom. The number of hydrogen-bond donors (Lipinski definition) is 1. The Balaban J connectivity index is 1.69. The van der Waals surface area contributed by atoms with Gasteiger partial charge in [0.1, 0.15) is 6.10 Å². The highest BCUT2D eigenvalue weighted by Gasteiger charge is 2.36. The van der Waals surface area contributed by atoms with Gasteiger partial charge in [-0.05, 0) is 43.4 Å². The van der Waals surface area contributed by atoms with Gasteiger partial charge in [-0.3, -0.25) is 0 Å². The highest BCUT2D eigenvalue weighted by molar-refractivity contribution is 6.31. The van der Waals surface area contributed by atoms with E-state index in [0.29, 0.717) is 18.4 Å². The van der Waals surface area contributed by atoms with Gasteiger partial charge in [0.05, 0.1) is 12.5 Å². The second-order valence-corrected chi connectivity index (χ2v) is 5.84. The predicted molar refractivity (Wildman–Crippen MR) is 77.6 cm³/mol. The number of ether oxygens (including phenoxy) is 1. The molecule has 2 aliphatic rings. The largest absolute Gasteiger partial charge is 0.475 e. The van der Waals surface area contributed by atoms with Gasteiger partial charge < -0.3 is 10.5 Å². The van der Waals surface area contributed by atoms with Crippen molar-refractivity contribution in [2.45, 2.75) is 37.8 Å². The maximum atomic E-state index is 6.17. The van der Waals surface area contributed by atoms with Crippen LogP contribution >= 0.6 is 11.6 Å². The molecule has 0 amide bonds. The lowest BCUT2D eigenvalue weighted by molar-refractivity contribution is 0.127. The minimum atomic E-state index is 0.264. The molecule has 1 heterocycles. The van der Waals surface area contributed by atoms with Crippen LogP contribution in [0.4, 0.5) is 0 Å². The fraction of sp³-hybridized carbons (Fsp3) is 0.533. The van der Waals surface area contributed by atoms with Crippen LogP contribution in [0, 0.1) is 5.92 Å². The van der Waals surface area contributed by atoms with Gasteiger partial charge in [-0.2, -0.15) is 0 Å². The Kier molecular flexibility index (Phi) is 3.76. The van der Waals surface area contributed by atoms with Crippen LogP contribution in [-0.4, -0.2) is 24.6 Å². The summed E-state index contributed by atoms with van der Waals surface area (Å²) in [7, 11) is 0. The summed E-state index contributed by atoms with van der Waals surface area (Å²) in [5.41, 5.74) is 6.84. The zero-order chi connectivity index (χ0) is 13.2. The molecular formula is C15H19ClN2O. The Morgan fingerprint density at radius 1 is 1.32 bits per heavy atom. The zero-order valence-electron chi connectivity index (χ0n) is 10.9. The van der Waals surface area contributed by atoms with Crippen LogP contribution in [-0.2, 0) is 11.2 Å². The molecule has 1 fully saturated rings. The van der Waals surface area contributed by atoms with E-state index in [0.717, 1.165) is 42.3 Å². The minimum Gasteiger partial charge on any atom is -0.475 e. The molecule has 1 aromatic rings. The van der Waals surface area contributed by atoms with Gasteiger partial charge >= 0.3 is 0 Å². The van der Waals surface area contributed by atoms with Gasteiger partial charge in [-0.15, -0.1) is 0 Å². The predicted octanol–water partition coefficient (Wildman–Crippen LogP) is 2.81. The van der Waals surface area contributed by atoms with Crippen molar-refractivity contribution in [1.82, 2.24) is 0 Å². The Hall–Kier alpha value is -1.06. The van der Waals surface area contributed by atoms with Crippen molar-refractivity contribution in [3.8, 4) is 0 Å². The maximum absolute atomic E-state index is 6.17. The lowest BCUT2D eigenvalue weighted by Gasteiger charge is -2.28. The third-order valence-corrected chi connectivity index (χ3v) is 4.46. The molecule has 0 bridgehead atoms. The number of halogens is 1. The molecule has 3 rings (SSSR count). The molecule has 1 aromatic carbocycles. The molecule has 19 heavy (non-hydrogen) atoms. The Bertz CT molecular complexity index is 489. The van der Waals surface area contributed by atoms with Crippen molar-refractivity contribution in [1.29, 1.82) is 0 Å². The van der Waals surface area contributed by atoms with E-state index in [1.165, 1.54) is 0 Å². The number of fused-ring (bicyclic) bond motifs is 1. The Morgan fingerprint density at radius 3 is 2.95 bits per heavy atom. The second-order valence-electron chi connectivity index (χ2n) is 5.43. The molecule has 1 saturated carbocycles. The SMILES string of the molecule is NCC1CCC2OC(Cc3ccccc3Cl)=NC2C1. The van der Waals surface area contributed by atoms with Gasteiger partial charge in [-0.1, -0.05) is 29.8 Å². The van der Waals surface area contributed by atoms with Crippen molar-refractivity contribution < 1.29 is 4.74 Å². The van der Waals surface area contributed by atoms with Crippen LogP contribution < -0.4 is 5.73 Å². The molecule has 102 valence electrons. The van der Waals surface area contributed by atoms with E-state index in [2.05, 4.69) is 0 Å². The van der Waals surface area contributed by atoms with E-state index in [9.17, 15) is 0 Å². The van der Waals surface area contributed by atoms with E-state index in [1.54, 1.807) is 0 Å². The molecule has 2 N–H and O–H groups in total. The summed E-state index contributed by atoms with van der Waals surface area (Å²) in [6.45, 7) is 0.762. The average Bonchev–Trinajstić information content (AvgIpc) is 2.82. The highest BCUT2D eigenvalue weighted by Crippen LogP contribution is 2.32. The molecule has 3 nitrogen and oxygen atoms in total. The molecule has 0 saturated heterocycles. The van der Waals surface area contributed by atoms with Crippen LogP contribution in [0.5, 0.6) is 0 Å². The van der Waals surface area contributed by atoms with Crippen molar-refractivity contribution in [3.63, 3.8) is 0 Å². The molecule has 0 radical (unpaired) electrons. The number of nitrogens with two attached hydrogens (primary N) is 1. The molecule has 0 spiro atoms. The second kappa shape index (κ2) is 5.51. The smallest absolute Gasteiger partial charge is 0.188 e. The standard InChI is InChI=1S/C15H19ClN2O/c16-12-4-2-1-3-11(12)8-15-18-13-7-10(9-17)5-6-14(13)19-15/h1-4,10,13-14H,5-9,17H2. The summed E-state index contributed by atoms with van der Waals surface area (Å²) in [6.07, 6.45) is 4.25. The monoisotopic (exact) mass is 278 g/mol. The van der Waals surface area contributed by atoms with Crippen molar-refractivity contribution in [2.75, 3.05) is 6.54 Å². The molecule has 4 heteroatoms. The van der Waals surface area contributed by atoms with Gasteiger partial charge in [-0.25, -0.2) is 4.99 Å². The first-order chi connectivity index (χ1) is 9.26. The minimum absolute atomic E-state index is 0.264. The van der Waals surface area contributed by atoms with Crippen LogP contribution in [0.2, 0.25) is 5.02 Å². The molecule has 3 atom stereocenters. The fourth-order valence-electron chi connectivity index (χ4n) is 2.97. The molecule has 0 aromatic heterocycles. The molecular weight excluding hydrogens is 260 g/mol. The summed E-state index contributed by atoms with van der Waals surface area (Å²) in [5, 5.41) is 0.781. The Labute approximate surface area is 118 Å². The van der Waals surface area contributed by atoms with Crippen LogP contribution in [0.1, 0.15) is 24.8 Å². The summed E-state index contributed by atoms with van der Waals surface area (Å²) >= 11 is 6.17. The molecule has 1 aliphatic heterocycles. The number of aliphatic imine (C=N–C) groups is 1. The summed E-state index contributed by atoms with van der Waals surface area (Å²) < 4.78 is 5.97. The van der Waals surface area contributed by atoms with E-state index < -0.39 is 0 Å². The lowest BCUT2D eigenvalue weighted by Crippen LogP contribution is -2.33. The first kappa shape index (κ1) is 12.9. The average molecular weight is 279 g/mol. The molecule has 1 aliphatic carbocycles. The number of hydrogen-bond acceptors (Lipinski definition) is 3. The van der Waals surface area contributed by atoms with Gasteiger partial charge in [0, 0.05) is 5.02 Å². The van der Waals surface area contributed by atoms with Gasteiger partial charge in [0.25, 0.3) is 0 Å². The van der Waals surface area contributed by atoms with Crippen LogP contribution in [0.25, 0.3) is 0 Å². The normalized spacial score (nSPS) is 29.6. The lowest BCUT2D eigenvalue weighted by atomic mass is 9.84. The maximum Gasteiger partial charge on any atom is 0.188 e. The van der Waals surface area contributed by atoms with Crippen LogP contribution in [0.15, 0.2) is 29.3 Å². The first-order valence-electron chi connectivity index (χ1n) is 6.93.